The van der Waals surface area contributed by atoms with Crippen molar-refractivity contribution in [2.75, 3.05) is 19.3 Å². The minimum atomic E-state index is -0.0775. The second kappa shape index (κ2) is 7.03. The molecule has 1 aliphatic heterocycles. The fourth-order valence-corrected chi connectivity index (χ4v) is 4.44. The van der Waals surface area contributed by atoms with Gasteiger partial charge in [0.1, 0.15) is 5.25 Å². The highest BCUT2D eigenvalue weighted by Gasteiger charge is 2.43. The van der Waals surface area contributed by atoms with E-state index >= 15 is 0 Å². The van der Waals surface area contributed by atoms with E-state index < -0.39 is 0 Å². The molecular weight excluding hydrogens is 304 g/mol. The summed E-state index contributed by atoms with van der Waals surface area (Å²) in [6.07, 6.45) is 4.32. The van der Waals surface area contributed by atoms with Gasteiger partial charge in [0.05, 0.1) is 0 Å². The Labute approximate surface area is 137 Å². The molecule has 1 heterocycles. The Bertz CT molecular complexity index is 484. The second-order valence-electron chi connectivity index (χ2n) is 5.93. The minimum absolute atomic E-state index is 0. The maximum absolute atomic E-state index is 12.8. The quantitative estimate of drug-likeness (QED) is 0.929. The molecule has 1 saturated carbocycles. The van der Waals surface area contributed by atoms with E-state index in [1.54, 1.807) is 11.8 Å². The van der Waals surface area contributed by atoms with Crippen molar-refractivity contribution in [2.45, 2.75) is 24.1 Å². The standard InChI is InChI=1S/C16H22N2OS.ClH/c1-20-15(11-5-3-2-4-6-11)16(19)18-9-12-7-8-14(17)13(12)10-18;/h2-6,12-15H,7-10,17H2,1H3;1H. The van der Waals surface area contributed by atoms with E-state index in [4.69, 9.17) is 5.73 Å². The van der Waals surface area contributed by atoms with Gasteiger partial charge in [-0.15, -0.1) is 24.2 Å². The van der Waals surface area contributed by atoms with Gasteiger partial charge >= 0.3 is 0 Å². The number of fused-ring (bicyclic) bond motifs is 1. The highest BCUT2D eigenvalue weighted by atomic mass is 35.5. The van der Waals surface area contributed by atoms with Gasteiger partial charge < -0.3 is 10.6 Å². The number of hydrogen-bond donors (Lipinski definition) is 1. The molecule has 2 fully saturated rings. The summed E-state index contributed by atoms with van der Waals surface area (Å²) in [6.45, 7) is 1.76. The molecule has 4 unspecified atom stereocenters. The molecule has 0 radical (unpaired) electrons. The van der Waals surface area contributed by atoms with Crippen LogP contribution >= 0.6 is 24.2 Å². The van der Waals surface area contributed by atoms with Crippen LogP contribution in [0.2, 0.25) is 0 Å². The number of carbonyl (C=O) groups is 1. The molecule has 1 saturated heterocycles. The van der Waals surface area contributed by atoms with Crippen LogP contribution in [0.5, 0.6) is 0 Å². The van der Waals surface area contributed by atoms with E-state index in [0.29, 0.717) is 17.9 Å². The van der Waals surface area contributed by atoms with E-state index in [0.717, 1.165) is 25.1 Å². The number of halogens is 1. The van der Waals surface area contributed by atoms with Gasteiger partial charge in [0.25, 0.3) is 0 Å². The Morgan fingerprint density at radius 1 is 1.29 bits per heavy atom. The molecule has 1 amide bonds. The molecule has 1 aromatic carbocycles. The smallest absolute Gasteiger partial charge is 0.240 e. The Balaban J connectivity index is 0.00000161. The Hall–Kier alpha value is -0.710. The lowest BCUT2D eigenvalue weighted by atomic mass is 9.98. The van der Waals surface area contributed by atoms with Crippen LogP contribution in [0.4, 0.5) is 0 Å². The maximum atomic E-state index is 12.8. The van der Waals surface area contributed by atoms with Gasteiger partial charge in [0.2, 0.25) is 5.91 Å². The molecule has 0 aromatic heterocycles. The van der Waals surface area contributed by atoms with Crippen LogP contribution in [0, 0.1) is 11.8 Å². The lowest BCUT2D eigenvalue weighted by Gasteiger charge is -2.24. The molecule has 2 aliphatic rings. The van der Waals surface area contributed by atoms with E-state index in [2.05, 4.69) is 0 Å². The average Bonchev–Trinajstić information content (AvgIpc) is 3.03. The van der Waals surface area contributed by atoms with Gasteiger partial charge in [-0.05, 0) is 36.5 Å². The molecule has 116 valence electrons. The zero-order valence-corrected chi connectivity index (χ0v) is 13.9. The number of carbonyl (C=O) groups excluding carboxylic acids is 1. The zero-order valence-electron chi connectivity index (χ0n) is 12.3. The maximum Gasteiger partial charge on any atom is 0.240 e. The lowest BCUT2D eigenvalue weighted by Crippen LogP contribution is -2.35. The summed E-state index contributed by atoms with van der Waals surface area (Å²) in [6, 6.07) is 10.4. The molecular formula is C16H23ClN2OS. The van der Waals surface area contributed by atoms with Crippen LogP contribution in [0.1, 0.15) is 23.7 Å². The second-order valence-corrected chi connectivity index (χ2v) is 6.88. The normalized spacial score (nSPS) is 28.9. The Morgan fingerprint density at radius 3 is 2.62 bits per heavy atom. The van der Waals surface area contributed by atoms with Crippen molar-refractivity contribution in [1.29, 1.82) is 0 Å². The van der Waals surface area contributed by atoms with E-state index in [9.17, 15) is 4.79 Å². The number of nitrogens with two attached hydrogens (primary N) is 1. The number of rotatable bonds is 3. The van der Waals surface area contributed by atoms with Crippen LogP contribution in [0.25, 0.3) is 0 Å². The first-order chi connectivity index (χ1) is 9.70. The first kappa shape index (κ1) is 16.7. The third-order valence-corrected chi connectivity index (χ3v) is 5.73. The SMILES string of the molecule is CSC(C(=O)N1CC2CCC(N)C2C1)c1ccccc1.Cl. The lowest BCUT2D eigenvalue weighted by molar-refractivity contribution is -0.130. The summed E-state index contributed by atoms with van der Waals surface area (Å²) in [5.74, 6) is 1.41. The first-order valence-electron chi connectivity index (χ1n) is 7.33. The van der Waals surface area contributed by atoms with Gasteiger partial charge in [-0.3, -0.25) is 4.79 Å². The van der Waals surface area contributed by atoms with Crippen molar-refractivity contribution in [3.05, 3.63) is 35.9 Å². The fraction of sp³-hybridized carbons (Fsp3) is 0.562. The number of likely N-dealkylation sites (tertiary alicyclic amines) is 1. The van der Waals surface area contributed by atoms with Crippen molar-refractivity contribution in [1.82, 2.24) is 4.90 Å². The number of amides is 1. The topological polar surface area (TPSA) is 46.3 Å². The highest BCUT2D eigenvalue weighted by Crippen LogP contribution is 2.39. The van der Waals surface area contributed by atoms with E-state index in [-0.39, 0.29) is 23.6 Å². The Morgan fingerprint density at radius 2 is 2.00 bits per heavy atom. The third kappa shape index (κ3) is 3.22. The van der Waals surface area contributed by atoms with Gasteiger partial charge in [0.15, 0.2) is 0 Å². The van der Waals surface area contributed by atoms with Crippen molar-refractivity contribution in [3.8, 4) is 0 Å². The summed E-state index contributed by atoms with van der Waals surface area (Å²) in [5.41, 5.74) is 7.26. The van der Waals surface area contributed by atoms with Crippen LogP contribution in [-0.4, -0.2) is 36.2 Å². The molecule has 21 heavy (non-hydrogen) atoms. The number of thioether (sulfide) groups is 1. The van der Waals surface area contributed by atoms with Gasteiger partial charge in [-0.1, -0.05) is 30.3 Å². The predicted molar refractivity (Wildman–Crippen MR) is 90.7 cm³/mol. The van der Waals surface area contributed by atoms with Crippen molar-refractivity contribution < 1.29 is 4.79 Å². The highest BCUT2D eigenvalue weighted by molar-refractivity contribution is 7.99. The molecule has 5 heteroatoms. The summed E-state index contributed by atoms with van der Waals surface area (Å²) in [7, 11) is 0. The van der Waals surface area contributed by atoms with Gasteiger partial charge in [-0.25, -0.2) is 0 Å². The van der Waals surface area contributed by atoms with Crippen LogP contribution < -0.4 is 5.73 Å². The van der Waals surface area contributed by atoms with Crippen LogP contribution in [0.3, 0.4) is 0 Å². The van der Waals surface area contributed by atoms with Gasteiger partial charge in [-0.2, -0.15) is 0 Å². The number of hydrogen-bond acceptors (Lipinski definition) is 3. The summed E-state index contributed by atoms with van der Waals surface area (Å²) in [4.78, 5) is 14.8. The van der Waals surface area contributed by atoms with Crippen molar-refractivity contribution in [2.24, 2.45) is 17.6 Å². The molecule has 3 rings (SSSR count). The fourth-order valence-electron chi connectivity index (χ4n) is 3.66. The summed E-state index contributed by atoms with van der Waals surface area (Å²) in [5, 5.41) is -0.0775. The molecule has 0 spiro atoms. The largest absolute Gasteiger partial charge is 0.341 e. The average molecular weight is 327 g/mol. The molecule has 4 atom stereocenters. The first-order valence-corrected chi connectivity index (χ1v) is 8.61. The monoisotopic (exact) mass is 326 g/mol. The van der Waals surface area contributed by atoms with Crippen LogP contribution in [-0.2, 0) is 4.79 Å². The van der Waals surface area contributed by atoms with E-state index in [1.165, 1.54) is 6.42 Å². The molecule has 2 N–H and O–H groups in total. The van der Waals surface area contributed by atoms with Crippen molar-refractivity contribution >= 4 is 30.1 Å². The zero-order chi connectivity index (χ0) is 14.1. The molecule has 1 aromatic rings. The van der Waals surface area contributed by atoms with Gasteiger partial charge in [0, 0.05) is 19.1 Å². The number of benzene rings is 1. The van der Waals surface area contributed by atoms with E-state index in [1.807, 2.05) is 41.5 Å². The molecule has 3 nitrogen and oxygen atoms in total. The third-order valence-electron chi connectivity index (χ3n) is 4.79. The molecule has 1 aliphatic carbocycles. The summed E-state index contributed by atoms with van der Waals surface area (Å²) >= 11 is 1.62. The Kier molecular flexibility index (Phi) is 5.58. The van der Waals surface area contributed by atoms with Crippen molar-refractivity contribution in [3.63, 3.8) is 0 Å². The van der Waals surface area contributed by atoms with Crippen LogP contribution in [0.15, 0.2) is 30.3 Å². The molecule has 0 bridgehead atoms. The summed E-state index contributed by atoms with van der Waals surface area (Å²) < 4.78 is 0. The minimum Gasteiger partial charge on any atom is -0.341 e. The number of nitrogens with zero attached hydrogens (tertiary/aromatic N) is 1. The predicted octanol–water partition coefficient (Wildman–Crippen LogP) is 2.71.